The Hall–Kier alpha value is -2.53. The molecule has 1 amide bonds. The number of furan rings is 1. The van der Waals surface area contributed by atoms with Crippen LogP contribution in [-0.4, -0.2) is 36.2 Å². The van der Waals surface area contributed by atoms with Gasteiger partial charge in [0.05, 0.1) is 27.9 Å². The number of anilines is 1. The molecule has 0 radical (unpaired) electrons. The summed E-state index contributed by atoms with van der Waals surface area (Å²) in [5.41, 5.74) is 1.18. The van der Waals surface area contributed by atoms with Crippen LogP contribution >= 0.6 is 27.3 Å². The second kappa shape index (κ2) is 10.5. The minimum Gasteiger partial charge on any atom is -0.467 e. The van der Waals surface area contributed by atoms with Gasteiger partial charge in [-0.3, -0.25) is 9.69 Å². The Morgan fingerprint density at radius 2 is 2.00 bits per heavy atom. The van der Waals surface area contributed by atoms with Crippen LogP contribution < -0.4 is 4.90 Å². The van der Waals surface area contributed by atoms with Crippen molar-refractivity contribution in [3.05, 3.63) is 76.7 Å². The van der Waals surface area contributed by atoms with Gasteiger partial charge in [-0.2, -0.15) is 4.31 Å². The van der Waals surface area contributed by atoms with Gasteiger partial charge in [0.1, 0.15) is 5.76 Å². The summed E-state index contributed by atoms with van der Waals surface area (Å²) in [6, 6.07) is 15.6. The van der Waals surface area contributed by atoms with Crippen LogP contribution in [0.4, 0.5) is 5.13 Å². The molecule has 1 unspecified atom stereocenters. The van der Waals surface area contributed by atoms with E-state index in [9.17, 15) is 13.2 Å². The van der Waals surface area contributed by atoms with Gasteiger partial charge in [0.15, 0.2) is 5.13 Å². The molecule has 1 saturated heterocycles. The van der Waals surface area contributed by atoms with Gasteiger partial charge in [0.2, 0.25) is 10.0 Å². The van der Waals surface area contributed by atoms with Gasteiger partial charge in [0.25, 0.3) is 5.91 Å². The largest absolute Gasteiger partial charge is 0.467 e. The summed E-state index contributed by atoms with van der Waals surface area (Å²) in [5.74, 6) is 0.344. The third-order valence-electron chi connectivity index (χ3n) is 6.46. The lowest BCUT2D eigenvalue weighted by atomic mass is 10.0. The van der Waals surface area contributed by atoms with E-state index in [1.165, 1.54) is 23.5 Å². The first-order valence-electron chi connectivity index (χ1n) is 11.9. The zero-order chi connectivity index (χ0) is 25.3. The van der Waals surface area contributed by atoms with Gasteiger partial charge in [-0.25, -0.2) is 13.4 Å². The van der Waals surface area contributed by atoms with Crippen molar-refractivity contribution < 1.29 is 17.6 Å². The standard InChI is InChI=1S/C26H26BrN3O4S2/c1-2-20-6-3-4-14-30(20)36(32,33)22-11-8-18(9-12-22)25(31)29(17-21-7-5-15-34-21)26-28-23-13-10-19(27)16-24(23)35-26/h5,7-13,15-16,20H,2-4,6,14,17H2,1H3. The molecule has 1 aliphatic heterocycles. The number of hydrogen-bond acceptors (Lipinski definition) is 6. The lowest BCUT2D eigenvalue weighted by Crippen LogP contribution is -2.43. The number of carbonyl (C=O) groups is 1. The third kappa shape index (κ3) is 5.00. The van der Waals surface area contributed by atoms with E-state index >= 15 is 0 Å². The summed E-state index contributed by atoms with van der Waals surface area (Å²) in [4.78, 5) is 20.1. The number of nitrogens with zero attached hydrogens (tertiary/aromatic N) is 3. The van der Waals surface area contributed by atoms with E-state index in [4.69, 9.17) is 4.42 Å². The number of benzene rings is 2. The van der Waals surface area contributed by atoms with Crippen LogP contribution in [0.3, 0.4) is 0 Å². The second-order valence-corrected chi connectivity index (χ2v) is 12.6. The SMILES string of the molecule is CCC1CCCCN1S(=O)(=O)c1ccc(C(=O)N(Cc2ccco2)c2nc3ccc(Br)cc3s2)cc1. The molecular weight excluding hydrogens is 562 g/mol. The molecule has 1 atom stereocenters. The van der Waals surface area contributed by atoms with E-state index in [0.717, 1.165) is 40.4 Å². The zero-order valence-corrected chi connectivity index (χ0v) is 23.0. The molecule has 4 aromatic rings. The highest BCUT2D eigenvalue weighted by molar-refractivity contribution is 9.10. The minimum absolute atomic E-state index is 0.0212. The van der Waals surface area contributed by atoms with E-state index in [1.807, 2.05) is 31.2 Å². The Morgan fingerprint density at radius 1 is 1.19 bits per heavy atom. The summed E-state index contributed by atoms with van der Waals surface area (Å²) in [5, 5.41) is 0.542. The average molecular weight is 589 g/mol. The molecule has 0 bridgehead atoms. The third-order valence-corrected chi connectivity index (χ3v) is 9.96. The number of fused-ring (bicyclic) bond motifs is 1. The van der Waals surface area contributed by atoms with Crippen LogP contribution in [0.25, 0.3) is 10.2 Å². The second-order valence-electron chi connectivity index (χ2n) is 8.78. The average Bonchev–Trinajstić information content (AvgIpc) is 3.56. The summed E-state index contributed by atoms with van der Waals surface area (Å²) in [6.45, 7) is 2.76. The van der Waals surface area contributed by atoms with E-state index in [-0.39, 0.29) is 23.4 Å². The normalized spacial score (nSPS) is 16.9. The van der Waals surface area contributed by atoms with Gasteiger partial charge in [-0.05, 0) is 73.9 Å². The number of piperidine rings is 1. The summed E-state index contributed by atoms with van der Waals surface area (Å²) < 4.78 is 35.7. The lowest BCUT2D eigenvalue weighted by molar-refractivity contribution is 0.0983. The van der Waals surface area contributed by atoms with Gasteiger partial charge >= 0.3 is 0 Å². The van der Waals surface area contributed by atoms with Crippen LogP contribution in [-0.2, 0) is 16.6 Å². The molecule has 188 valence electrons. The fourth-order valence-corrected chi connectivity index (χ4v) is 7.83. The molecule has 2 aromatic carbocycles. The Balaban J connectivity index is 1.45. The molecule has 0 N–H and O–H groups in total. The Bertz CT molecular complexity index is 1470. The fourth-order valence-electron chi connectivity index (χ4n) is 4.55. The van der Waals surface area contributed by atoms with E-state index in [2.05, 4.69) is 20.9 Å². The predicted molar refractivity (Wildman–Crippen MR) is 145 cm³/mol. The Labute approximate surface area is 222 Å². The van der Waals surface area contributed by atoms with E-state index < -0.39 is 10.0 Å². The van der Waals surface area contributed by atoms with Crippen molar-refractivity contribution in [2.24, 2.45) is 0 Å². The molecule has 2 aromatic heterocycles. The van der Waals surface area contributed by atoms with Crippen molar-refractivity contribution in [2.45, 2.75) is 50.1 Å². The number of carbonyl (C=O) groups excluding carboxylic acids is 1. The van der Waals surface area contributed by atoms with E-state index in [0.29, 0.717) is 23.0 Å². The van der Waals surface area contributed by atoms with Crippen molar-refractivity contribution in [1.29, 1.82) is 0 Å². The van der Waals surface area contributed by atoms with Crippen molar-refractivity contribution in [3.63, 3.8) is 0 Å². The lowest BCUT2D eigenvalue weighted by Gasteiger charge is -2.34. The molecule has 0 saturated carbocycles. The molecule has 1 fully saturated rings. The highest BCUT2D eigenvalue weighted by Gasteiger charge is 2.32. The predicted octanol–water partition coefficient (Wildman–Crippen LogP) is 6.45. The van der Waals surface area contributed by atoms with Crippen LogP contribution in [0.1, 0.15) is 48.7 Å². The first kappa shape index (κ1) is 25.1. The molecule has 3 heterocycles. The Kier molecular flexibility index (Phi) is 7.30. The molecular formula is C26H26BrN3O4S2. The topological polar surface area (TPSA) is 83.7 Å². The van der Waals surface area contributed by atoms with Crippen molar-refractivity contribution in [3.8, 4) is 0 Å². The molecule has 10 heteroatoms. The number of amides is 1. The molecule has 1 aliphatic rings. The number of rotatable bonds is 7. The number of aromatic nitrogens is 1. The molecule has 0 aliphatic carbocycles. The maximum absolute atomic E-state index is 13.7. The van der Waals surface area contributed by atoms with Crippen LogP contribution in [0.2, 0.25) is 0 Å². The number of thiazole rings is 1. The van der Waals surface area contributed by atoms with Crippen molar-refractivity contribution in [1.82, 2.24) is 9.29 Å². The maximum atomic E-state index is 13.7. The fraction of sp³-hybridized carbons (Fsp3) is 0.308. The quantitative estimate of drug-likeness (QED) is 0.248. The highest BCUT2D eigenvalue weighted by atomic mass is 79.9. The van der Waals surface area contributed by atoms with Crippen molar-refractivity contribution in [2.75, 3.05) is 11.4 Å². The Morgan fingerprint density at radius 3 is 2.72 bits per heavy atom. The van der Waals surface area contributed by atoms with Gasteiger partial charge in [-0.1, -0.05) is 40.6 Å². The van der Waals surface area contributed by atoms with Gasteiger partial charge in [-0.15, -0.1) is 0 Å². The monoisotopic (exact) mass is 587 g/mol. The molecule has 5 rings (SSSR count). The molecule has 0 spiro atoms. The molecule has 7 nitrogen and oxygen atoms in total. The maximum Gasteiger partial charge on any atom is 0.260 e. The first-order chi connectivity index (χ1) is 17.4. The van der Waals surface area contributed by atoms with Crippen molar-refractivity contribution >= 4 is 58.5 Å². The summed E-state index contributed by atoms with van der Waals surface area (Å²) in [6.07, 6.45) is 5.15. The van der Waals surface area contributed by atoms with Crippen LogP contribution in [0, 0.1) is 0 Å². The highest BCUT2D eigenvalue weighted by Crippen LogP contribution is 2.33. The smallest absolute Gasteiger partial charge is 0.260 e. The molecule has 36 heavy (non-hydrogen) atoms. The van der Waals surface area contributed by atoms with Crippen LogP contribution in [0.15, 0.2) is 74.6 Å². The zero-order valence-electron chi connectivity index (χ0n) is 19.8. The first-order valence-corrected chi connectivity index (χ1v) is 14.9. The minimum atomic E-state index is -3.62. The van der Waals surface area contributed by atoms with Crippen LogP contribution in [0.5, 0.6) is 0 Å². The number of halogens is 1. The van der Waals surface area contributed by atoms with E-state index in [1.54, 1.807) is 33.7 Å². The van der Waals surface area contributed by atoms with Gasteiger partial charge in [0, 0.05) is 22.6 Å². The summed E-state index contributed by atoms with van der Waals surface area (Å²) in [7, 11) is -3.62. The summed E-state index contributed by atoms with van der Waals surface area (Å²) >= 11 is 4.90. The number of hydrogen-bond donors (Lipinski definition) is 0. The van der Waals surface area contributed by atoms with Gasteiger partial charge < -0.3 is 4.42 Å². The number of sulfonamides is 1.